The molecule has 1 saturated heterocycles. The van der Waals surface area contributed by atoms with Crippen molar-refractivity contribution in [1.29, 1.82) is 0 Å². The largest absolute Gasteiger partial charge is 0.462 e. The summed E-state index contributed by atoms with van der Waals surface area (Å²) < 4.78 is 20.2. The van der Waals surface area contributed by atoms with Gasteiger partial charge in [-0.15, -0.1) is 0 Å². The fourth-order valence-electron chi connectivity index (χ4n) is 3.19. The van der Waals surface area contributed by atoms with Gasteiger partial charge in [0.05, 0.1) is 34.1 Å². The Balaban J connectivity index is 1.81. The Kier molecular flexibility index (Phi) is 6.09. The number of rotatable bonds is 4. The lowest BCUT2D eigenvalue weighted by Gasteiger charge is -2.33. The van der Waals surface area contributed by atoms with E-state index in [0.29, 0.717) is 52.5 Å². The van der Waals surface area contributed by atoms with Gasteiger partial charge in [0.1, 0.15) is 5.82 Å². The molecule has 0 unspecified atom stereocenters. The van der Waals surface area contributed by atoms with E-state index in [9.17, 15) is 9.18 Å². The molecule has 1 fully saturated rings. The second-order valence-electron chi connectivity index (χ2n) is 6.01. The van der Waals surface area contributed by atoms with Gasteiger partial charge in [0, 0.05) is 18.7 Å². The van der Waals surface area contributed by atoms with Crippen LogP contribution in [0.1, 0.15) is 41.6 Å². The first kappa shape index (κ1) is 19.0. The molecule has 0 saturated carbocycles. The number of aromatic nitrogens is 2. The van der Waals surface area contributed by atoms with Crippen LogP contribution >= 0.6 is 27.5 Å². The standard InChI is InChI=1S/C18H18BrClFN3O2/c1-2-26-17(25)13-3-4-14(19)16(21)15(13)11-5-7-24(8-6-11)18-22-9-12(20)10-23-18/h3-4,9-11H,2,5-8H2,1H3. The van der Waals surface area contributed by atoms with Gasteiger partial charge >= 0.3 is 5.97 Å². The maximum absolute atomic E-state index is 14.8. The van der Waals surface area contributed by atoms with Gasteiger partial charge in [-0.05, 0) is 53.7 Å². The van der Waals surface area contributed by atoms with Crippen LogP contribution in [0.5, 0.6) is 0 Å². The van der Waals surface area contributed by atoms with Crippen LogP contribution in [0.4, 0.5) is 10.3 Å². The molecule has 2 aromatic rings. The summed E-state index contributed by atoms with van der Waals surface area (Å²) in [6.45, 7) is 3.32. The van der Waals surface area contributed by atoms with Crippen molar-refractivity contribution in [3.05, 3.63) is 51.0 Å². The molecular weight excluding hydrogens is 425 g/mol. The van der Waals surface area contributed by atoms with E-state index in [2.05, 4.69) is 25.9 Å². The number of esters is 1. The molecule has 0 aliphatic carbocycles. The van der Waals surface area contributed by atoms with Crippen LogP contribution in [0.25, 0.3) is 0 Å². The highest BCUT2D eigenvalue weighted by Crippen LogP contribution is 2.36. The molecule has 2 heterocycles. The summed E-state index contributed by atoms with van der Waals surface area (Å²) in [6, 6.07) is 3.16. The van der Waals surface area contributed by atoms with E-state index in [1.807, 2.05) is 4.90 Å². The highest BCUT2D eigenvalue weighted by atomic mass is 79.9. The maximum atomic E-state index is 14.8. The molecule has 0 bridgehead atoms. The van der Waals surface area contributed by atoms with Crippen molar-refractivity contribution in [1.82, 2.24) is 9.97 Å². The van der Waals surface area contributed by atoms with Crippen LogP contribution in [0.3, 0.4) is 0 Å². The molecule has 1 aliphatic heterocycles. The topological polar surface area (TPSA) is 55.3 Å². The second-order valence-corrected chi connectivity index (χ2v) is 7.30. The fraction of sp³-hybridized carbons (Fsp3) is 0.389. The van der Waals surface area contributed by atoms with E-state index in [0.717, 1.165) is 0 Å². The fourth-order valence-corrected chi connectivity index (χ4v) is 3.63. The quantitative estimate of drug-likeness (QED) is 0.648. The first-order chi connectivity index (χ1) is 12.5. The Morgan fingerprint density at radius 3 is 2.62 bits per heavy atom. The maximum Gasteiger partial charge on any atom is 0.338 e. The smallest absolute Gasteiger partial charge is 0.338 e. The van der Waals surface area contributed by atoms with Crippen LogP contribution < -0.4 is 4.90 Å². The molecule has 5 nitrogen and oxygen atoms in total. The van der Waals surface area contributed by atoms with Gasteiger partial charge in [0.25, 0.3) is 0 Å². The molecule has 8 heteroatoms. The van der Waals surface area contributed by atoms with Crippen molar-refractivity contribution in [2.24, 2.45) is 0 Å². The summed E-state index contributed by atoms with van der Waals surface area (Å²) >= 11 is 9.05. The van der Waals surface area contributed by atoms with Crippen molar-refractivity contribution < 1.29 is 13.9 Å². The first-order valence-corrected chi connectivity index (χ1v) is 9.55. The number of anilines is 1. The number of carbonyl (C=O) groups is 1. The highest BCUT2D eigenvalue weighted by Gasteiger charge is 2.29. The number of hydrogen-bond acceptors (Lipinski definition) is 5. The molecule has 0 radical (unpaired) electrons. The Hall–Kier alpha value is -1.73. The monoisotopic (exact) mass is 441 g/mol. The zero-order valence-electron chi connectivity index (χ0n) is 14.2. The van der Waals surface area contributed by atoms with E-state index in [1.165, 1.54) is 0 Å². The molecule has 138 valence electrons. The lowest BCUT2D eigenvalue weighted by atomic mass is 9.86. The molecule has 1 aromatic carbocycles. The molecular formula is C18H18BrClFN3O2. The van der Waals surface area contributed by atoms with Crippen LogP contribution in [0, 0.1) is 5.82 Å². The summed E-state index contributed by atoms with van der Waals surface area (Å²) in [5.74, 6) is -0.349. The van der Waals surface area contributed by atoms with E-state index in [1.54, 1.807) is 31.5 Å². The van der Waals surface area contributed by atoms with Gasteiger partial charge in [-0.3, -0.25) is 0 Å². The molecule has 1 aromatic heterocycles. The summed E-state index contributed by atoms with van der Waals surface area (Å²) in [4.78, 5) is 22.7. The van der Waals surface area contributed by atoms with Crippen LogP contribution in [-0.2, 0) is 4.74 Å². The van der Waals surface area contributed by atoms with Crippen molar-refractivity contribution in [2.45, 2.75) is 25.7 Å². The Morgan fingerprint density at radius 2 is 2.00 bits per heavy atom. The van der Waals surface area contributed by atoms with Crippen molar-refractivity contribution in [3.8, 4) is 0 Å². The molecule has 0 atom stereocenters. The third-order valence-electron chi connectivity index (χ3n) is 4.42. The molecule has 0 N–H and O–H groups in total. The van der Waals surface area contributed by atoms with Gasteiger partial charge < -0.3 is 9.64 Å². The van der Waals surface area contributed by atoms with Gasteiger partial charge in [-0.1, -0.05) is 11.6 Å². The minimum Gasteiger partial charge on any atom is -0.462 e. The molecule has 0 amide bonds. The van der Waals surface area contributed by atoms with Gasteiger partial charge in [-0.25, -0.2) is 19.2 Å². The number of benzene rings is 1. The average Bonchev–Trinajstić information content (AvgIpc) is 2.65. The van der Waals surface area contributed by atoms with Crippen LogP contribution in [-0.4, -0.2) is 35.6 Å². The van der Waals surface area contributed by atoms with Crippen molar-refractivity contribution >= 4 is 39.4 Å². The zero-order chi connectivity index (χ0) is 18.7. The minimum absolute atomic E-state index is 0.0737. The number of hydrogen-bond donors (Lipinski definition) is 0. The molecule has 0 spiro atoms. The number of halogens is 3. The lowest BCUT2D eigenvalue weighted by Crippen LogP contribution is -2.34. The summed E-state index contributed by atoms with van der Waals surface area (Å²) in [7, 11) is 0. The van der Waals surface area contributed by atoms with E-state index >= 15 is 0 Å². The van der Waals surface area contributed by atoms with Gasteiger partial charge in [0.15, 0.2) is 0 Å². The minimum atomic E-state index is -0.489. The van der Waals surface area contributed by atoms with Crippen molar-refractivity contribution in [3.63, 3.8) is 0 Å². The van der Waals surface area contributed by atoms with E-state index < -0.39 is 11.8 Å². The highest BCUT2D eigenvalue weighted by molar-refractivity contribution is 9.10. The van der Waals surface area contributed by atoms with Gasteiger partial charge in [0.2, 0.25) is 5.95 Å². The lowest BCUT2D eigenvalue weighted by molar-refractivity contribution is 0.0523. The third kappa shape index (κ3) is 3.99. The molecule has 26 heavy (non-hydrogen) atoms. The Bertz CT molecular complexity index is 796. The predicted molar refractivity (Wildman–Crippen MR) is 101 cm³/mol. The normalized spacial score (nSPS) is 15.2. The van der Waals surface area contributed by atoms with E-state index in [4.69, 9.17) is 16.3 Å². The number of nitrogens with zero attached hydrogens (tertiary/aromatic N) is 3. The summed E-state index contributed by atoms with van der Waals surface area (Å²) in [5, 5.41) is 0.485. The molecule has 3 rings (SSSR count). The van der Waals surface area contributed by atoms with Crippen molar-refractivity contribution in [2.75, 3.05) is 24.6 Å². The van der Waals surface area contributed by atoms with E-state index in [-0.39, 0.29) is 12.5 Å². The summed E-state index contributed by atoms with van der Waals surface area (Å²) in [6.07, 6.45) is 4.49. The Labute approximate surface area is 164 Å². The zero-order valence-corrected chi connectivity index (χ0v) is 16.6. The SMILES string of the molecule is CCOC(=O)c1ccc(Br)c(F)c1C1CCN(c2ncc(Cl)cn2)CC1. The second kappa shape index (κ2) is 8.31. The van der Waals surface area contributed by atoms with Crippen LogP contribution in [0.15, 0.2) is 29.0 Å². The first-order valence-electron chi connectivity index (χ1n) is 8.38. The predicted octanol–water partition coefficient (Wildman–Crippen LogP) is 4.59. The third-order valence-corrected chi connectivity index (χ3v) is 5.23. The summed E-state index contributed by atoms with van der Waals surface area (Å²) in [5.41, 5.74) is 0.725. The number of ether oxygens (including phenoxy) is 1. The number of carbonyl (C=O) groups excluding carboxylic acids is 1. The Morgan fingerprint density at radius 1 is 1.35 bits per heavy atom. The van der Waals surface area contributed by atoms with Crippen LogP contribution in [0.2, 0.25) is 5.02 Å². The number of piperidine rings is 1. The molecule has 1 aliphatic rings. The van der Waals surface area contributed by atoms with Gasteiger partial charge in [-0.2, -0.15) is 0 Å². The average molecular weight is 443 g/mol.